The van der Waals surface area contributed by atoms with Crippen LogP contribution >= 0.6 is 0 Å². The molecule has 0 aliphatic heterocycles. The number of carbonyl (C=O) groups excluding carboxylic acids is 1. The van der Waals surface area contributed by atoms with Crippen molar-refractivity contribution in [3.63, 3.8) is 0 Å². The third kappa shape index (κ3) is 5.33. The first kappa shape index (κ1) is 18.4. The molecule has 0 saturated heterocycles. The van der Waals surface area contributed by atoms with E-state index in [-0.39, 0.29) is 11.7 Å². The van der Waals surface area contributed by atoms with Crippen LogP contribution in [0.3, 0.4) is 0 Å². The van der Waals surface area contributed by atoms with Crippen LogP contribution in [-0.2, 0) is 12.8 Å². The largest absolute Gasteiger partial charge is 0.294 e. The van der Waals surface area contributed by atoms with E-state index in [1.165, 1.54) is 36.8 Å². The van der Waals surface area contributed by atoms with Crippen LogP contribution in [-0.4, -0.2) is 5.78 Å². The van der Waals surface area contributed by atoms with E-state index in [0.29, 0.717) is 0 Å². The molecule has 0 saturated carbocycles. The monoisotopic (exact) mass is 322 g/mol. The molecule has 2 rings (SSSR count). The lowest BCUT2D eigenvalue weighted by atomic mass is 9.91. The second-order valence-corrected chi connectivity index (χ2v) is 6.89. The number of unbranched alkanes of at least 4 members (excludes halogenated alkanes) is 2. The average Bonchev–Trinajstić information content (AvgIpc) is 2.61. The summed E-state index contributed by atoms with van der Waals surface area (Å²) in [4.78, 5) is 12.6. The van der Waals surface area contributed by atoms with Crippen molar-refractivity contribution < 1.29 is 4.79 Å². The van der Waals surface area contributed by atoms with Crippen LogP contribution in [0.15, 0.2) is 48.5 Å². The molecule has 24 heavy (non-hydrogen) atoms. The van der Waals surface area contributed by atoms with Crippen molar-refractivity contribution in [1.82, 2.24) is 0 Å². The maximum absolute atomic E-state index is 12.6. The van der Waals surface area contributed by atoms with Crippen LogP contribution < -0.4 is 0 Å². The molecule has 2 aromatic carbocycles. The highest BCUT2D eigenvalue weighted by Gasteiger charge is 2.16. The summed E-state index contributed by atoms with van der Waals surface area (Å²) in [5.74, 6) is 0.333. The number of hydrogen-bond donors (Lipinski definition) is 0. The Morgan fingerprint density at radius 3 is 2.17 bits per heavy atom. The first-order valence-electron chi connectivity index (χ1n) is 9.29. The van der Waals surface area contributed by atoms with Crippen LogP contribution in [0.25, 0.3) is 0 Å². The van der Waals surface area contributed by atoms with Gasteiger partial charge in [0.15, 0.2) is 5.78 Å². The molecule has 128 valence electrons. The molecule has 1 heteroatoms. The Bertz CT molecular complexity index is 639. The van der Waals surface area contributed by atoms with E-state index >= 15 is 0 Å². The van der Waals surface area contributed by atoms with Gasteiger partial charge in [0.1, 0.15) is 0 Å². The third-order valence-corrected chi connectivity index (χ3v) is 4.82. The zero-order valence-electron chi connectivity index (χ0n) is 15.3. The molecule has 2 aromatic rings. The van der Waals surface area contributed by atoms with Crippen LogP contribution in [0.5, 0.6) is 0 Å². The molecule has 1 nitrogen and oxygen atoms in total. The Morgan fingerprint density at radius 2 is 1.54 bits per heavy atom. The number of benzene rings is 2. The van der Waals surface area contributed by atoms with Crippen molar-refractivity contribution in [2.24, 2.45) is 5.92 Å². The Balaban J connectivity index is 1.86. The van der Waals surface area contributed by atoms with Crippen molar-refractivity contribution in [3.8, 4) is 0 Å². The van der Waals surface area contributed by atoms with Gasteiger partial charge >= 0.3 is 0 Å². The number of Topliss-reactive ketones (excluding diaryl/α,β-unsaturated/α-hetero) is 1. The lowest BCUT2D eigenvalue weighted by Crippen LogP contribution is -2.13. The predicted molar refractivity (Wildman–Crippen MR) is 103 cm³/mol. The fourth-order valence-corrected chi connectivity index (χ4v) is 3.08. The van der Waals surface area contributed by atoms with Crippen LogP contribution in [0.4, 0.5) is 0 Å². The minimum atomic E-state index is 0.0651. The topological polar surface area (TPSA) is 17.1 Å². The van der Waals surface area contributed by atoms with E-state index in [0.717, 1.165) is 24.0 Å². The molecular formula is C23H30O. The fourth-order valence-electron chi connectivity index (χ4n) is 3.08. The van der Waals surface area contributed by atoms with E-state index < -0.39 is 0 Å². The number of rotatable bonds is 9. The summed E-state index contributed by atoms with van der Waals surface area (Å²) in [5, 5.41) is 0. The van der Waals surface area contributed by atoms with Gasteiger partial charge in [-0.1, -0.05) is 75.2 Å². The summed E-state index contributed by atoms with van der Waals surface area (Å²) in [7, 11) is 0. The van der Waals surface area contributed by atoms with Gasteiger partial charge in [0.05, 0.1) is 0 Å². The molecule has 0 aliphatic rings. The van der Waals surface area contributed by atoms with E-state index in [1.54, 1.807) is 0 Å². The number of aryl methyl sites for hydroxylation is 3. The molecule has 0 bridgehead atoms. The number of hydrogen-bond acceptors (Lipinski definition) is 1. The standard InChI is InChI=1S/C23H30O/c1-4-5-6-10-20-14-16-21(17-15-20)13-12-19(3)23(24)22-11-8-7-9-18(22)2/h7-9,11,14-17,19H,4-6,10,12-13H2,1-3H3. The minimum absolute atomic E-state index is 0.0651. The van der Waals surface area contributed by atoms with Crippen LogP contribution in [0, 0.1) is 12.8 Å². The van der Waals surface area contributed by atoms with Gasteiger partial charge in [-0.25, -0.2) is 0 Å². The lowest BCUT2D eigenvalue weighted by molar-refractivity contribution is 0.0923. The van der Waals surface area contributed by atoms with Gasteiger partial charge < -0.3 is 0 Å². The van der Waals surface area contributed by atoms with E-state index in [2.05, 4.69) is 31.2 Å². The maximum Gasteiger partial charge on any atom is 0.165 e. The summed E-state index contributed by atoms with van der Waals surface area (Å²) in [6, 6.07) is 16.8. The summed E-state index contributed by atoms with van der Waals surface area (Å²) < 4.78 is 0. The summed E-state index contributed by atoms with van der Waals surface area (Å²) >= 11 is 0. The molecule has 0 aliphatic carbocycles. The van der Waals surface area contributed by atoms with Gasteiger partial charge in [-0.15, -0.1) is 0 Å². The highest BCUT2D eigenvalue weighted by Crippen LogP contribution is 2.18. The van der Waals surface area contributed by atoms with E-state index in [4.69, 9.17) is 0 Å². The quantitative estimate of drug-likeness (QED) is 0.398. The normalized spacial score (nSPS) is 12.1. The molecule has 0 amide bonds. The first-order chi connectivity index (χ1) is 11.6. The summed E-state index contributed by atoms with van der Waals surface area (Å²) in [5.41, 5.74) is 4.71. The molecule has 0 heterocycles. The zero-order valence-corrected chi connectivity index (χ0v) is 15.3. The zero-order chi connectivity index (χ0) is 17.4. The predicted octanol–water partition coefficient (Wildman–Crippen LogP) is 6.18. The number of ketones is 1. The van der Waals surface area contributed by atoms with Gasteiger partial charge in [0.2, 0.25) is 0 Å². The Hall–Kier alpha value is -1.89. The molecule has 0 spiro atoms. The lowest BCUT2D eigenvalue weighted by Gasteiger charge is -2.12. The molecule has 0 fully saturated rings. The summed E-state index contributed by atoms with van der Waals surface area (Å²) in [6.45, 7) is 6.30. The van der Waals surface area contributed by atoms with Gasteiger partial charge in [-0.2, -0.15) is 0 Å². The smallest absolute Gasteiger partial charge is 0.165 e. The number of carbonyl (C=O) groups is 1. The van der Waals surface area contributed by atoms with Crippen molar-refractivity contribution in [1.29, 1.82) is 0 Å². The minimum Gasteiger partial charge on any atom is -0.294 e. The third-order valence-electron chi connectivity index (χ3n) is 4.82. The summed E-state index contributed by atoms with van der Waals surface area (Å²) in [6.07, 6.45) is 6.90. The Kier molecular flexibility index (Phi) is 7.24. The van der Waals surface area contributed by atoms with Gasteiger partial charge in [0.25, 0.3) is 0 Å². The van der Waals surface area contributed by atoms with Crippen LogP contribution in [0.2, 0.25) is 0 Å². The SMILES string of the molecule is CCCCCc1ccc(CCC(C)C(=O)c2ccccc2C)cc1. The van der Waals surface area contributed by atoms with Gasteiger partial charge in [0, 0.05) is 11.5 Å². The van der Waals surface area contributed by atoms with Gasteiger partial charge in [-0.05, 0) is 49.3 Å². The van der Waals surface area contributed by atoms with Gasteiger partial charge in [-0.3, -0.25) is 4.79 Å². The fraction of sp³-hybridized carbons (Fsp3) is 0.435. The molecule has 1 atom stereocenters. The van der Waals surface area contributed by atoms with E-state index in [9.17, 15) is 4.79 Å². The second-order valence-electron chi connectivity index (χ2n) is 6.89. The van der Waals surface area contributed by atoms with Crippen molar-refractivity contribution in [3.05, 3.63) is 70.8 Å². The molecular weight excluding hydrogens is 292 g/mol. The Labute approximate surface area is 147 Å². The van der Waals surface area contributed by atoms with E-state index in [1.807, 2.05) is 38.1 Å². The molecule has 0 N–H and O–H groups in total. The highest BCUT2D eigenvalue weighted by molar-refractivity contribution is 5.98. The maximum atomic E-state index is 12.6. The first-order valence-corrected chi connectivity index (χ1v) is 9.29. The second kappa shape index (κ2) is 9.42. The Morgan fingerprint density at radius 1 is 0.917 bits per heavy atom. The van der Waals surface area contributed by atoms with Crippen molar-refractivity contribution in [2.45, 2.75) is 59.3 Å². The average molecular weight is 322 g/mol. The highest BCUT2D eigenvalue weighted by atomic mass is 16.1. The molecule has 0 radical (unpaired) electrons. The van der Waals surface area contributed by atoms with Crippen molar-refractivity contribution >= 4 is 5.78 Å². The van der Waals surface area contributed by atoms with Crippen LogP contribution in [0.1, 0.15) is 66.6 Å². The van der Waals surface area contributed by atoms with Crippen molar-refractivity contribution in [2.75, 3.05) is 0 Å². The molecule has 1 unspecified atom stereocenters. The molecule has 0 aromatic heterocycles.